The Labute approximate surface area is 211 Å². The van der Waals surface area contributed by atoms with Crippen molar-refractivity contribution in [2.24, 2.45) is 0 Å². The molecular formula is C28H23FN2O4S. The molecule has 3 aromatic carbocycles. The molecule has 4 aromatic rings. The minimum atomic E-state index is -0.896. The predicted molar refractivity (Wildman–Crippen MR) is 138 cm³/mol. The number of anilines is 1. The van der Waals surface area contributed by atoms with Crippen molar-refractivity contribution in [3.63, 3.8) is 0 Å². The van der Waals surface area contributed by atoms with Crippen LogP contribution < -0.4 is 9.64 Å². The van der Waals surface area contributed by atoms with Crippen molar-refractivity contribution in [2.75, 3.05) is 11.5 Å². The number of aryl methyl sites for hydroxylation is 1. The van der Waals surface area contributed by atoms with Crippen molar-refractivity contribution in [3.8, 4) is 5.75 Å². The topological polar surface area (TPSA) is 79.7 Å². The molecule has 5 rings (SSSR count). The van der Waals surface area contributed by atoms with E-state index < -0.39 is 23.5 Å². The molecule has 1 unspecified atom stereocenters. The number of nitrogens with zero attached hydrogens (tertiary/aromatic N) is 2. The number of aliphatic hydroxyl groups is 1. The van der Waals surface area contributed by atoms with E-state index >= 15 is 0 Å². The van der Waals surface area contributed by atoms with E-state index in [9.17, 15) is 19.1 Å². The number of benzene rings is 3. The van der Waals surface area contributed by atoms with Crippen LogP contribution in [-0.4, -0.2) is 28.4 Å². The van der Waals surface area contributed by atoms with Crippen molar-refractivity contribution in [2.45, 2.75) is 26.3 Å². The number of thiazole rings is 1. The summed E-state index contributed by atoms with van der Waals surface area (Å²) in [4.78, 5) is 32.4. The molecule has 1 N–H and O–H groups in total. The van der Waals surface area contributed by atoms with Crippen LogP contribution in [-0.2, 0) is 9.59 Å². The number of fused-ring (bicyclic) bond motifs is 1. The molecule has 1 aliphatic rings. The number of carbonyl (C=O) groups is 2. The van der Waals surface area contributed by atoms with Crippen LogP contribution >= 0.6 is 11.3 Å². The van der Waals surface area contributed by atoms with Crippen molar-refractivity contribution >= 4 is 44.1 Å². The molecule has 182 valence electrons. The van der Waals surface area contributed by atoms with Gasteiger partial charge in [0.05, 0.1) is 28.4 Å². The van der Waals surface area contributed by atoms with E-state index in [4.69, 9.17) is 4.74 Å². The maximum atomic E-state index is 13.8. The highest BCUT2D eigenvalue weighted by Gasteiger charge is 2.48. The Hall–Kier alpha value is -4.04. The largest absolute Gasteiger partial charge is 0.507 e. The molecule has 1 atom stereocenters. The number of aromatic nitrogens is 1. The zero-order valence-electron chi connectivity index (χ0n) is 19.7. The second kappa shape index (κ2) is 9.54. The molecule has 0 spiro atoms. The molecule has 1 fully saturated rings. The number of hydrogen-bond donors (Lipinski definition) is 1. The first-order valence-electron chi connectivity index (χ1n) is 11.5. The smallest absolute Gasteiger partial charge is 0.301 e. The molecular weight excluding hydrogens is 479 g/mol. The summed E-state index contributed by atoms with van der Waals surface area (Å²) in [6.45, 7) is 4.51. The Kier molecular flexibility index (Phi) is 6.28. The fourth-order valence-corrected chi connectivity index (χ4v) is 5.18. The first-order chi connectivity index (χ1) is 17.4. The summed E-state index contributed by atoms with van der Waals surface area (Å²) >= 11 is 1.12. The molecule has 1 aliphatic heterocycles. The third kappa shape index (κ3) is 4.24. The summed E-state index contributed by atoms with van der Waals surface area (Å²) in [5.74, 6) is -1.66. The molecule has 0 radical (unpaired) electrons. The number of ketones is 1. The van der Waals surface area contributed by atoms with E-state index in [1.54, 1.807) is 24.3 Å². The van der Waals surface area contributed by atoms with Gasteiger partial charge in [0, 0.05) is 5.56 Å². The third-order valence-corrected chi connectivity index (χ3v) is 7.00. The summed E-state index contributed by atoms with van der Waals surface area (Å²) < 4.78 is 19.9. The second-order valence-corrected chi connectivity index (χ2v) is 9.57. The fraction of sp³-hybridized carbons (Fsp3) is 0.179. The van der Waals surface area contributed by atoms with Gasteiger partial charge in [-0.2, -0.15) is 0 Å². The van der Waals surface area contributed by atoms with Gasteiger partial charge in [0.1, 0.15) is 17.3 Å². The number of aliphatic hydroxyl groups excluding tert-OH is 1. The lowest BCUT2D eigenvalue weighted by molar-refractivity contribution is -0.132. The Morgan fingerprint density at radius 2 is 1.81 bits per heavy atom. The lowest BCUT2D eigenvalue weighted by atomic mass is 9.95. The van der Waals surface area contributed by atoms with Crippen LogP contribution in [0, 0.1) is 12.7 Å². The van der Waals surface area contributed by atoms with Crippen LogP contribution in [0.5, 0.6) is 5.75 Å². The number of amides is 1. The highest BCUT2D eigenvalue weighted by Crippen LogP contribution is 2.44. The standard InChI is InChI=1S/C28H23FN2O4S/c1-3-14-35-20-11-8-18(9-12-20)25(32)23-24(17-6-4-16(2)5-7-17)31(27(34)26(23)33)28-30-21-13-10-19(29)15-22(21)36-28/h4-13,15,24,32H,3,14H2,1-2H3/b25-23+. The van der Waals surface area contributed by atoms with Gasteiger partial charge in [-0.15, -0.1) is 0 Å². The fourth-order valence-electron chi connectivity index (χ4n) is 4.17. The quantitative estimate of drug-likeness (QED) is 0.194. The van der Waals surface area contributed by atoms with Gasteiger partial charge in [-0.3, -0.25) is 14.5 Å². The van der Waals surface area contributed by atoms with Gasteiger partial charge >= 0.3 is 5.91 Å². The number of Topliss-reactive ketones (excluding diaryl/α,β-unsaturated/α-hetero) is 1. The van der Waals surface area contributed by atoms with Crippen molar-refractivity contribution in [1.82, 2.24) is 4.98 Å². The van der Waals surface area contributed by atoms with E-state index in [2.05, 4.69) is 4.98 Å². The Balaban J connectivity index is 1.65. The summed E-state index contributed by atoms with van der Waals surface area (Å²) in [5.41, 5.74) is 2.53. The minimum absolute atomic E-state index is 0.0310. The van der Waals surface area contributed by atoms with E-state index in [1.165, 1.54) is 23.1 Å². The molecule has 8 heteroatoms. The molecule has 0 saturated carbocycles. The number of rotatable bonds is 6. The van der Waals surface area contributed by atoms with Crippen LogP contribution in [0.3, 0.4) is 0 Å². The molecule has 36 heavy (non-hydrogen) atoms. The van der Waals surface area contributed by atoms with Crippen molar-refractivity contribution < 1.29 is 23.8 Å². The number of ether oxygens (including phenoxy) is 1. The third-order valence-electron chi connectivity index (χ3n) is 5.98. The first-order valence-corrected chi connectivity index (χ1v) is 12.4. The van der Waals surface area contributed by atoms with Crippen LogP contribution in [0.25, 0.3) is 16.0 Å². The summed E-state index contributed by atoms with van der Waals surface area (Å²) in [6, 6.07) is 17.4. The predicted octanol–water partition coefficient (Wildman–Crippen LogP) is 6.16. The highest BCUT2D eigenvalue weighted by atomic mass is 32.1. The molecule has 1 aromatic heterocycles. The average molecular weight is 503 g/mol. The maximum Gasteiger partial charge on any atom is 0.301 e. The van der Waals surface area contributed by atoms with Crippen molar-refractivity contribution in [1.29, 1.82) is 0 Å². The second-order valence-electron chi connectivity index (χ2n) is 8.56. The van der Waals surface area contributed by atoms with Gasteiger partial charge in [-0.1, -0.05) is 48.1 Å². The van der Waals surface area contributed by atoms with E-state index in [1.807, 2.05) is 38.1 Å². The van der Waals surface area contributed by atoms with Crippen LogP contribution in [0.15, 0.2) is 72.3 Å². The monoisotopic (exact) mass is 502 g/mol. The Bertz CT molecular complexity index is 1490. The summed E-state index contributed by atoms with van der Waals surface area (Å²) in [7, 11) is 0. The average Bonchev–Trinajstić information content (AvgIpc) is 3.40. The van der Waals surface area contributed by atoms with Gasteiger partial charge in [-0.25, -0.2) is 9.37 Å². The van der Waals surface area contributed by atoms with Gasteiger partial charge in [0.15, 0.2) is 5.13 Å². The van der Waals surface area contributed by atoms with Gasteiger partial charge in [-0.05, 0) is 61.4 Å². The highest BCUT2D eigenvalue weighted by molar-refractivity contribution is 7.22. The first kappa shape index (κ1) is 23.7. The molecule has 0 bridgehead atoms. The Morgan fingerprint density at radius 3 is 2.50 bits per heavy atom. The van der Waals surface area contributed by atoms with Crippen LogP contribution in [0.2, 0.25) is 0 Å². The lowest BCUT2D eigenvalue weighted by Gasteiger charge is -2.23. The van der Waals surface area contributed by atoms with E-state index in [0.717, 1.165) is 23.3 Å². The normalized spacial score (nSPS) is 17.2. The van der Waals surface area contributed by atoms with Crippen molar-refractivity contribution in [3.05, 3.63) is 94.8 Å². The zero-order chi connectivity index (χ0) is 25.4. The Morgan fingerprint density at radius 1 is 1.08 bits per heavy atom. The molecule has 1 saturated heterocycles. The minimum Gasteiger partial charge on any atom is -0.507 e. The van der Waals surface area contributed by atoms with Crippen LogP contribution in [0.4, 0.5) is 9.52 Å². The lowest BCUT2D eigenvalue weighted by Crippen LogP contribution is -2.29. The molecule has 6 nitrogen and oxygen atoms in total. The van der Waals surface area contributed by atoms with E-state index in [-0.39, 0.29) is 16.5 Å². The van der Waals surface area contributed by atoms with Gasteiger partial charge in [0.2, 0.25) is 0 Å². The van der Waals surface area contributed by atoms with Gasteiger partial charge in [0.25, 0.3) is 5.78 Å². The molecule has 1 amide bonds. The van der Waals surface area contributed by atoms with Gasteiger partial charge < -0.3 is 9.84 Å². The maximum absolute atomic E-state index is 13.8. The number of hydrogen-bond acceptors (Lipinski definition) is 6. The molecule has 0 aliphatic carbocycles. The number of halogens is 1. The van der Waals surface area contributed by atoms with E-state index in [0.29, 0.717) is 33.7 Å². The summed E-state index contributed by atoms with van der Waals surface area (Å²) in [6.07, 6.45) is 0.861. The van der Waals surface area contributed by atoms with Crippen LogP contribution in [0.1, 0.15) is 36.1 Å². The zero-order valence-corrected chi connectivity index (χ0v) is 20.5. The number of carbonyl (C=O) groups excluding carboxylic acids is 2. The SMILES string of the molecule is CCCOc1ccc(/C(O)=C2\C(=O)C(=O)N(c3nc4ccc(F)cc4s3)C2c2ccc(C)cc2)cc1. The summed E-state index contributed by atoms with van der Waals surface area (Å²) in [5, 5.41) is 11.5. The molecule has 2 heterocycles.